The molecule has 1 atom stereocenters. The van der Waals surface area contributed by atoms with Gasteiger partial charge in [0.2, 0.25) is 21.8 Å². The molecule has 0 bridgehead atoms. The maximum atomic E-state index is 13.8. The monoisotopic (exact) mass is 557 g/mol. The smallest absolute Gasteiger partial charge is 0.244 e. The van der Waals surface area contributed by atoms with E-state index in [4.69, 9.17) is 27.9 Å². The van der Waals surface area contributed by atoms with E-state index < -0.39 is 34.1 Å². The lowest BCUT2D eigenvalue weighted by Gasteiger charge is -2.34. The second-order valence-electron chi connectivity index (χ2n) is 9.36. The fraction of sp³-hybridized carbons (Fsp3) is 0.440. The molecule has 1 N–H and O–H groups in total. The van der Waals surface area contributed by atoms with Gasteiger partial charge >= 0.3 is 0 Å². The highest BCUT2D eigenvalue weighted by Crippen LogP contribution is 2.33. The second kappa shape index (κ2) is 12.2. The first-order chi connectivity index (χ1) is 16.7. The zero-order valence-corrected chi connectivity index (χ0v) is 23.7. The Hall–Kier alpha value is -2.49. The number of methoxy groups -OCH3 is 1. The molecule has 8 nitrogen and oxygen atoms in total. The van der Waals surface area contributed by atoms with E-state index in [9.17, 15) is 18.0 Å². The summed E-state index contributed by atoms with van der Waals surface area (Å²) >= 11 is 12.5. The van der Waals surface area contributed by atoms with Crippen LogP contribution in [0.15, 0.2) is 42.5 Å². The first-order valence-corrected chi connectivity index (χ1v) is 13.9. The number of carbonyl (C=O) groups excluding carboxylic acids is 2. The summed E-state index contributed by atoms with van der Waals surface area (Å²) in [6.07, 6.45) is 1.29. The second-order valence-corrected chi connectivity index (χ2v) is 12.1. The molecule has 0 saturated heterocycles. The predicted molar refractivity (Wildman–Crippen MR) is 144 cm³/mol. The molecule has 0 unspecified atom stereocenters. The van der Waals surface area contributed by atoms with Crippen molar-refractivity contribution in [2.24, 2.45) is 0 Å². The van der Waals surface area contributed by atoms with Gasteiger partial charge in [-0.2, -0.15) is 0 Å². The Morgan fingerprint density at radius 2 is 1.75 bits per heavy atom. The lowest BCUT2D eigenvalue weighted by Crippen LogP contribution is -2.55. The number of rotatable bonds is 10. The average molecular weight is 559 g/mol. The van der Waals surface area contributed by atoms with Crippen molar-refractivity contribution in [1.82, 2.24) is 10.2 Å². The van der Waals surface area contributed by atoms with Crippen LogP contribution in [-0.4, -0.2) is 56.6 Å². The topological polar surface area (TPSA) is 96.0 Å². The summed E-state index contributed by atoms with van der Waals surface area (Å²) in [6, 6.07) is 10.6. The van der Waals surface area contributed by atoms with Gasteiger partial charge in [-0.3, -0.25) is 13.9 Å². The highest BCUT2D eigenvalue weighted by atomic mass is 35.5. The minimum atomic E-state index is -3.94. The van der Waals surface area contributed by atoms with Crippen molar-refractivity contribution in [3.8, 4) is 5.75 Å². The van der Waals surface area contributed by atoms with Crippen LogP contribution in [0.5, 0.6) is 5.75 Å². The van der Waals surface area contributed by atoms with E-state index in [2.05, 4.69) is 5.32 Å². The first-order valence-electron chi connectivity index (χ1n) is 11.3. The molecule has 198 valence electrons. The number of sulfonamides is 1. The van der Waals surface area contributed by atoms with Gasteiger partial charge in [0.25, 0.3) is 0 Å². The largest absolute Gasteiger partial charge is 0.495 e. The molecule has 0 aromatic heterocycles. The Labute approximate surface area is 223 Å². The summed E-state index contributed by atoms with van der Waals surface area (Å²) in [7, 11) is -2.55. The van der Waals surface area contributed by atoms with Gasteiger partial charge in [0.05, 0.1) is 19.1 Å². The molecule has 2 rings (SSSR count). The van der Waals surface area contributed by atoms with E-state index in [1.165, 1.54) is 24.1 Å². The van der Waals surface area contributed by atoms with Crippen molar-refractivity contribution in [1.29, 1.82) is 0 Å². The molecule has 0 aliphatic rings. The van der Waals surface area contributed by atoms with Crippen molar-refractivity contribution < 1.29 is 22.7 Å². The summed E-state index contributed by atoms with van der Waals surface area (Å²) in [6.45, 7) is 6.75. The quantitative estimate of drug-likeness (QED) is 0.464. The number of carbonyl (C=O) groups is 2. The standard InChI is InChI=1S/C25H33Cl2N3O5S/c1-7-20(24(32)28-25(2,3)4)29(15-17-10-8-9-11-19(17)27)23(31)16-30(36(6,33)34)21-14-18(26)12-13-22(21)35-5/h8-14,20H,7,15-16H2,1-6H3,(H,28,32)/t20-/m1/s1. The highest BCUT2D eigenvalue weighted by molar-refractivity contribution is 7.92. The molecule has 36 heavy (non-hydrogen) atoms. The third-order valence-corrected chi connectivity index (χ3v) is 7.00. The zero-order chi connectivity index (χ0) is 27.3. The van der Waals surface area contributed by atoms with Crippen LogP contribution in [0, 0.1) is 0 Å². The molecule has 2 amide bonds. The molecule has 11 heteroatoms. The lowest BCUT2D eigenvalue weighted by molar-refractivity contribution is -0.141. The van der Waals surface area contributed by atoms with Crippen LogP contribution in [-0.2, 0) is 26.2 Å². The Kier molecular flexibility index (Phi) is 10.0. The number of amides is 2. The molecule has 0 spiro atoms. The normalized spacial score (nSPS) is 12.6. The number of nitrogens with zero attached hydrogens (tertiary/aromatic N) is 2. The summed E-state index contributed by atoms with van der Waals surface area (Å²) in [5.74, 6) is -0.706. The summed E-state index contributed by atoms with van der Waals surface area (Å²) in [5, 5.41) is 3.61. The Morgan fingerprint density at radius 1 is 1.11 bits per heavy atom. The van der Waals surface area contributed by atoms with Gasteiger partial charge in [-0.15, -0.1) is 0 Å². The van der Waals surface area contributed by atoms with Gasteiger partial charge < -0.3 is 15.0 Å². The van der Waals surface area contributed by atoms with E-state index in [1.807, 2.05) is 20.8 Å². The number of ether oxygens (including phenoxy) is 1. The minimum absolute atomic E-state index is 0.0128. The molecule has 2 aromatic rings. The van der Waals surface area contributed by atoms with Crippen LogP contribution in [0.25, 0.3) is 0 Å². The number of hydrogen-bond acceptors (Lipinski definition) is 5. The van der Waals surface area contributed by atoms with E-state index in [1.54, 1.807) is 37.3 Å². The molecule has 0 heterocycles. The van der Waals surface area contributed by atoms with E-state index in [0.29, 0.717) is 17.0 Å². The molecule has 0 aliphatic carbocycles. The van der Waals surface area contributed by atoms with Crippen molar-refractivity contribution in [3.05, 3.63) is 58.1 Å². The van der Waals surface area contributed by atoms with Crippen molar-refractivity contribution >= 4 is 50.7 Å². The van der Waals surface area contributed by atoms with E-state index in [-0.39, 0.29) is 28.9 Å². The lowest BCUT2D eigenvalue weighted by atomic mass is 10.1. The van der Waals surface area contributed by atoms with Gasteiger partial charge in [-0.05, 0) is 57.0 Å². The van der Waals surface area contributed by atoms with Gasteiger partial charge in [-0.1, -0.05) is 48.3 Å². The SMILES string of the molecule is CC[C@H](C(=O)NC(C)(C)C)N(Cc1ccccc1Cl)C(=O)CN(c1cc(Cl)ccc1OC)S(C)(=O)=O. The van der Waals surface area contributed by atoms with Crippen LogP contribution in [0.4, 0.5) is 5.69 Å². The molecule has 2 aromatic carbocycles. The predicted octanol–water partition coefficient (Wildman–Crippen LogP) is 4.49. The molecule has 0 radical (unpaired) electrons. The minimum Gasteiger partial charge on any atom is -0.495 e. The number of benzene rings is 2. The van der Waals surface area contributed by atoms with Crippen LogP contribution in [0.1, 0.15) is 39.7 Å². The molecule has 0 saturated carbocycles. The van der Waals surface area contributed by atoms with Crippen molar-refractivity contribution in [2.45, 2.75) is 52.2 Å². The maximum Gasteiger partial charge on any atom is 0.244 e. The first kappa shape index (κ1) is 29.7. The van der Waals surface area contributed by atoms with Crippen LogP contribution < -0.4 is 14.4 Å². The Balaban J connectivity index is 2.55. The van der Waals surface area contributed by atoms with E-state index in [0.717, 1.165) is 10.6 Å². The Bertz CT molecular complexity index is 1200. The number of halogens is 2. The van der Waals surface area contributed by atoms with Crippen molar-refractivity contribution in [2.75, 3.05) is 24.2 Å². The van der Waals surface area contributed by atoms with Gasteiger partial charge in [0, 0.05) is 22.1 Å². The van der Waals surface area contributed by atoms with Gasteiger partial charge in [0.1, 0.15) is 18.3 Å². The number of hydrogen-bond donors (Lipinski definition) is 1. The fourth-order valence-electron chi connectivity index (χ4n) is 3.64. The summed E-state index contributed by atoms with van der Waals surface area (Å²) < 4.78 is 31.8. The van der Waals surface area contributed by atoms with E-state index >= 15 is 0 Å². The third-order valence-electron chi connectivity index (χ3n) is 5.27. The summed E-state index contributed by atoms with van der Waals surface area (Å²) in [5.41, 5.74) is 0.211. The molecular weight excluding hydrogens is 525 g/mol. The summed E-state index contributed by atoms with van der Waals surface area (Å²) in [4.78, 5) is 28.3. The van der Waals surface area contributed by atoms with Gasteiger partial charge in [0.15, 0.2) is 0 Å². The molecular formula is C25H33Cl2N3O5S. The molecule has 0 aliphatic heterocycles. The zero-order valence-electron chi connectivity index (χ0n) is 21.3. The van der Waals surface area contributed by atoms with Crippen LogP contribution in [0.2, 0.25) is 10.0 Å². The maximum absolute atomic E-state index is 13.8. The van der Waals surface area contributed by atoms with Crippen LogP contribution >= 0.6 is 23.2 Å². The van der Waals surface area contributed by atoms with Crippen molar-refractivity contribution in [3.63, 3.8) is 0 Å². The Morgan fingerprint density at radius 3 is 2.28 bits per heavy atom. The molecule has 0 fully saturated rings. The highest BCUT2D eigenvalue weighted by Gasteiger charge is 2.34. The van der Waals surface area contributed by atoms with Gasteiger partial charge in [-0.25, -0.2) is 8.42 Å². The van der Waals surface area contributed by atoms with Crippen LogP contribution in [0.3, 0.4) is 0 Å². The number of nitrogens with one attached hydrogen (secondary N) is 1. The number of anilines is 1. The third kappa shape index (κ3) is 8.01. The average Bonchev–Trinajstić information content (AvgIpc) is 2.76. The fourth-order valence-corrected chi connectivity index (χ4v) is 4.84.